The van der Waals surface area contributed by atoms with Gasteiger partial charge < -0.3 is 15.4 Å². The number of piperazine rings is 1. The number of hydrogen-bond donors (Lipinski definition) is 2. The number of ether oxygens (including phenoxy) is 1. The SMILES string of the molecule is COC(=O)C1=C(CN2CCN(C(C)C)CC2)NC(=O)N[C@H]1c1ccc(C)cc1. The van der Waals surface area contributed by atoms with Crippen molar-refractivity contribution in [3.8, 4) is 0 Å². The fraction of sp³-hybridized carbons (Fsp3) is 0.524. The van der Waals surface area contributed by atoms with Gasteiger partial charge in [-0.05, 0) is 26.3 Å². The van der Waals surface area contributed by atoms with Crippen LogP contribution >= 0.6 is 0 Å². The molecule has 28 heavy (non-hydrogen) atoms. The van der Waals surface area contributed by atoms with Crippen LogP contribution in [-0.2, 0) is 9.53 Å². The first-order valence-corrected chi connectivity index (χ1v) is 9.81. The van der Waals surface area contributed by atoms with E-state index in [9.17, 15) is 9.59 Å². The fourth-order valence-corrected chi connectivity index (χ4v) is 3.76. The molecule has 152 valence electrons. The smallest absolute Gasteiger partial charge is 0.338 e. The fourth-order valence-electron chi connectivity index (χ4n) is 3.76. The van der Waals surface area contributed by atoms with Gasteiger partial charge in [-0.25, -0.2) is 9.59 Å². The van der Waals surface area contributed by atoms with Crippen molar-refractivity contribution in [1.82, 2.24) is 20.4 Å². The Morgan fingerprint density at radius 2 is 1.82 bits per heavy atom. The maximum absolute atomic E-state index is 12.6. The summed E-state index contributed by atoms with van der Waals surface area (Å²) >= 11 is 0. The molecule has 7 nitrogen and oxygen atoms in total. The summed E-state index contributed by atoms with van der Waals surface area (Å²) in [5, 5.41) is 5.72. The molecular formula is C21H30N4O3. The lowest BCUT2D eigenvalue weighted by Crippen LogP contribution is -2.52. The van der Waals surface area contributed by atoms with E-state index in [4.69, 9.17) is 4.74 Å². The minimum atomic E-state index is -0.520. The van der Waals surface area contributed by atoms with Crippen molar-refractivity contribution >= 4 is 12.0 Å². The molecule has 0 spiro atoms. The highest BCUT2D eigenvalue weighted by Gasteiger charge is 2.34. The minimum absolute atomic E-state index is 0.297. The predicted molar refractivity (Wildman–Crippen MR) is 108 cm³/mol. The van der Waals surface area contributed by atoms with Gasteiger partial charge in [0.05, 0.1) is 18.7 Å². The second kappa shape index (κ2) is 8.75. The highest BCUT2D eigenvalue weighted by atomic mass is 16.5. The monoisotopic (exact) mass is 386 g/mol. The van der Waals surface area contributed by atoms with Crippen LogP contribution in [-0.4, -0.2) is 67.7 Å². The van der Waals surface area contributed by atoms with E-state index in [-0.39, 0.29) is 6.03 Å². The third kappa shape index (κ3) is 4.54. The number of methoxy groups -OCH3 is 1. The molecule has 1 fully saturated rings. The van der Waals surface area contributed by atoms with Crippen LogP contribution in [0.5, 0.6) is 0 Å². The average Bonchev–Trinajstić information content (AvgIpc) is 2.68. The lowest BCUT2D eigenvalue weighted by Gasteiger charge is -2.38. The molecule has 3 rings (SSSR count). The summed E-state index contributed by atoms with van der Waals surface area (Å²) in [6, 6.07) is 7.53. The number of nitrogens with zero attached hydrogens (tertiary/aromatic N) is 2. The summed E-state index contributed by atoms with van der Waals surface area (Å²) in [7, 11) is 1.37. The van der Waals surface area contributed by atoms with Gasteiger partial charge in [0.2, 0.25) is 0 Å². The molecular weight excluding hydrogens is 356 g/mol. The zero-order valence-electron chi connectivity index (χ0n) is 17.1. The van der Waals surface area contributed by atoms with Crippen molar-refractivity contribution in [3.05, 3.63) is 46.7 Å². The number of carbonyl (C=O) groups excluding carboxylic acids is 2. The average molecular weight is 386 g/mol. The van der Waals surface area contributed by atoms with Gasteiger partial charge in [-0.2, -0.15) is 0 Å². The van der Waals surface area contributed by atoms with E-state index in [1.54, 1.807) is 0 Å². The number of rotatable bonds is 5. The highest BCUT2D eigenvalue weighted by molar-refractivity contribution is 5.95. The molecule has 0 saturated carbocycles. The van der Waals surface area contributed by atoms with Crippen molar-refractivity contribution in [2.75, 3.05) is 39.8 Å². The third-order valence-electron chi connectivity index (χ3n) is 5.49. The largest absolute Gasteiger partial charge is 0.466 e. The van der Waals surface area contributed by atoms with Gasteiger partial charge in [-0.15, -0.1) is 0 Å². The number of urea groups is 1. The lowest BCUT2D eigenvalue weighted by molar-refractivity contribution is -0.136. The number of benzene rings is 1. The second-order valence-corrected chi connectivity index (χ2v) is 7.73. The maximum atomic E-state index is 12.6. The van der Waals surface area contributed by atoms with E-state index in [1.165, 1.54) is 7.11 Å². The number of nitrogens with one attached hydrogen (secondary N) is 2. The molecule has 2 aliphatic rings. The molecule has 0 radical (unpaired) electrons. The van der Waals surface area contributed by atoms with E-state index in [0.29, 0.717) is 23.9 Å². The molecule has 2 amide bonds. The van der Waals surface area contributed by atoms with Crippen molar-refractivity contribution in [2.24, 2.45) is 0 Å². The standard InChI is InChI=1S/C21H30N4O3/c1-14(2)25-11-9-24(10-12-25)13-17-18(20(26)28-4)19(23-21(27)22-17)16-7-5-15(3)6-8-16/h5-8,14,19H,9-13H2,1-4H3,(H2,22,23,27)/t19-/m0/s1. The molecule has 0 bridgehead atoms. The molecule has 2 heterocycles. The molecule has 2 N–H and O–H groups in total. The Hall–Kier alpha value is -2.38. The van der Waals surface area contributed by atoms with Crippen molar-refractivity contribution < 1.29 is 14.3 Å². The van der Waals surface area contributed by atoms with Crippen molar-refractivity contribution in [3.63, 3.8) is 0 Å². The van der Waals surface area contributed by atoms with Crippen molar-refractivity contribution in [2.45, 2.75) is 32.9 Å². The van der Waals surface area contributed by atoms with Gasteiger partial charge >= 0.3 is 12.0 Å². The molecule has 0 aromatic heterocycles. The highest BCUT2D eigenvalue weighted by Crippen LogP contribution is 2.28. The zero-order chi connectivity index (χ0) is 20.3. The molecule has 0 unspecified atom stereocenters. The zero-order valence-corrected chi connectivity index (χ0v) is 17.1. The Morgan fingerprint density at radius 3 is 2.39 bits per heavy atom. The van der Waals surface area contributed by atoms with Crippen LogP contribution < -0.4 is 10.6 Å². The summed E-state index contributed by atoms with van der Waals surface area (Å²) in [5.74, 6) is -0.422. The van der Waals surface area contributed by atoms with Gasteiger partial charge in [0.15, 0.2) is 0 Å². The Morgan fingerprint density at radius 1 is 1.18 bits per heavy atom. The van der Waals surface area contributed by atoms with Gasteiger partial charge in [0.1, 0.15) is 0 Å². The van der Waals surface area contributed by atoms with Crippen LogP contribution in [0.4, 0.5) is 4.79 Å². The van der Waals surface area contributed by atoms with Crippen LogP contribution in [0.15, 0.2) is 35.5 Å². The summed E-state index contributed by atoms with van der Waals surface area (Å²) in [5.41, 5.74) is 3.08. The Balaban J connectivity index is 1.87. The van der Waals surface area contributed by atoms with E-state index in [2.05, 4.69) is 34.3 Å². The van der Waals surface area contributed by atoms with Gasteiger partial charge in [0.25, 0.3) is 0 Å². The van der Waals surface area contributed by atoms with Crippen LogP contribution in [0.1, 0.15) is 31.0 Å². The van der Waals surface area contributed by atoms with Crippen molar-refractivity contribution in [1.29, 1.82) is 0 Å². The molecule has 1 aromatic carbocycles. The Kier molecular flexibility index (Phi) is 6.36. The molecule has 1 aromatic rings. The number of hydrogen-bond acceptors (Lipinski definition) is 5. The third-order valence-corrected chi connectivity index (χ3v) is 5.49. The van der Waals surface area contributed by atoms with Crippen LogP contribution in [0.25, 0.3) is 0 Å². The summed E-state index contributed by atoms with van der Waals surface area (Å²) in [4.78, 5) is 29.7. The number of esters is 1. The minimum Gasteiger partial charge on any atom is -0.466 e. The molecule has 2 aliphatic heterocycles. The number of carbonyl (C=O) groups is 2. The second-order valence-electron chi connectivity index (χ2n) is 7.73. The summed E-state index contributed by atoms with van der Waals surface area (Å²) in [6.45, 7) is 10.7. The van der Waals surface area contributed by atoms with E-state index in [0.717, 1.165) is 37.3 Å². The first-order chi connectivity index (χ1) is 13.4. The molecule has 7 heteroatoms. The van der Waals surface area contributed by atoms with Gasteiger partial charge in [0, 0.05) is 44.5 Å². The maximum Gasteiger partial charge on any atom is 0.338 e. The summed E-state index contributed by atoms with van der Waals surface area (Å²) in [6.07, 6.45) is 0. The first kappa shape index (κ1) is 20.4. The van der Waals surface area contributed by atoms with E-state index < -0.39 is 12.0 Å². The lowest BCUT2D eigenvalue weighted by atomic mass is 9.94. The van der Waals surface area contributed by atoms with E-state index in [1.807, 2.05) is 31.2 Å². The molecule has 1 saturated heterocycles. The van der Waals surface area contributed by atoms with E-state index >= 15 is 0 Å². The normalized spacial score (nSPS) is 21.5. The van der Waals surface area contributed by atoms with Gasteiger partial charge in [-0.1, -0.05) is 29.8 Å². The topological polar surface area (TPSA) is 73.9 Å². The van der Waals surface area contributed by atoms with Crippen LogP contribution in [0.2, 0.25) is 0 Å². The van der Waals surface area contributed by atoms with Gasteiger partial charge in [-0.3, -0.25) is 9.80 Å². The molecule has 0 aliphatic carbocycles. The quantitative estimate of drug-likeness (QED) is 0.755. The summed E-state index contributed by atoms with van der Waals surface area (Å²) < 4.78 is 5.05. The molecule has 1 atom stereocenters. The number of amides is 2. The predicted octanol–water partition coefficient (Wildman–Crippen LogP) is 1.80. The first-order valence-electron chi connectivity index (χ1n) is 9.81. The Bertz CT molecular complexity index is 749. The van der Waals surface area contributed by atoms with Crippen LogP contribution in [0, 0.1) is 6.92 Å². The van der Waals surface area contributed by atoms with Crippen LogP contribution in [0.3, 0.4) is 0 Å². The Labute approximate surface area is 166 Å². The number of aryl methyl sites for hydroxylation is 1.